The third-order valence-corrected chi connectivity index (χ3v) is 0.727. The van der Waals surface area contributed by atoms with Gasteiger partial charge >= 0.3 is 14.2 Å². The van der Waals surface area contributed by atoms with Gasteiger partial charge in [0, 0.05) is 6.08 Å². The molecule has 5 nitrogen and oxygen atoms in total. The first-order valence-corrected chi connectivity index (χ1v) is 3.66. The fourth-order valence-electron chi connectivity index (χ4n) is 0.0713. The van der Waals surface area contributed by atoms with Gasteiger partial charge in [-0.3, -0.25) is 0 Å². The van der Waals surface area contributed by atoms with Crippen LogP contribution < -0.4 is 0 Å². The maximum Gasteiger partial charge on any atom is 0.364 e. The first kappa shape index (κ1) is 12.6. The van der Waals surface area contributed by atoms with Crippen molar-refractivity contribution in [3.05, 3.63) is 25.5 Å². The lowest BCUT2D eigenvalue weighted by atomic mass is 10.7. The van der Waals surface area contributed by atoms with Gasteiger partial charge in [-0.15, -0.1) is 0 Å². The first-order valence-electron chi connectivity index (χ1n) is 2.40. The summed E-state index contributed by atoms with van der Waals surface area (Å²) < 4.78 is 13.4. The van der Waals surface area contributed by atoms with Gasteiger partial charge in [-0.25, -0.2) is 9.36 Å². The highest BCUT2D eigenvalue weighted by Gasteiger charge is 1.77. The average Bonchev–Trinajstić information content (AvgIpc) is 1.89. The van der Waals surface area contributed by atoms with E-state index in [9.17, 15) is 9.36 Å². The van der Waals surface area contributed by atoms with Crippen LogP contribution in [0, 0.1) is 0 Å². The third kappa shape index (κ3) is 27.7. The average molecular weight is 180 g/mol. The Labute approximate surface area is 64.6 Å². The van der Waals surface area contributed by atoms with Crippen LogP contribution in [-0.4, -0.2) is 16.0 Å². The van der Waals surface area contributed by atoms with Gasteiger partial charge in [0.05, 0.1) is 6.26 Å². The van der Waals surface area contributed by atoms with Crippen LogP contribution in [0.2, 0.25) is 0 Å². The smallest absolute Gasteiger partial charge is 0.364 e. The molecule has 0 aromatic rings. The molecule has 0 saturated carbocycles. The van der Waals surface area contributed by atoms with Crippen molar-refractivity contribution in [2.75, 3.05) is 0 Å². The summed E-state index contributed by atoms with van der Waals surface area (Å²) in [4.78, 5) is 17.1. The van der Waals surface area contributed by atoms with Crippen molar-refractivity contribution in [1.29, 1.82) is 0 Å². The van der Waals surface area contributed by atoms with E-state index in [0.717, 1.165) is 12.3 Å². The Kier molecular flexibility index (Phi) is 10.2. The zero-order valence-corrected chi connectivity index (χ0v) is 6.69. The van der Waals surface area contributed by atoms with Crippen LogP contribution in [0.15, 0.2) is 25.5 Å². The quantitative estimate of drug-likeness (QED) is 0.381. The Morgan fingerprint density at radius 3 is 1.91 bits per heavy atom. The van der Waals surface area contributed by atoms with Gasteiger partial charge in [0.25, 0.3) is 0 Å². The minimum absolute atomic E-state index is 0.833. The number of carbonyl (C=O) groups is 1. The van der Waals surface area contributed by atoms with Gasteiger partial charge in [-0.1, -0.05) is 13.2 Å². The summed E-state index contributed by atoms with van der Waals surface area (Å²) in [6.45, 7) is 6.00. The molecule has 0 saturated heterocycles. The van der Waals surface area contributed by atoms with Crippen molar-refractivity contribution in [3.63, 3.8) is 0 Å². The molecule has 0 bridgehead atoms. The standard InChI is InChI=1S/C3H4O2.C2H5O3P/c1-2-3(4)5;1-2-5-6(3)4/h2H,1H2,(H,4,5);2,6H,1H2,(H,3,4). The van der Waals surface area contributed by atoms with Crippen LogP contribution in [0.1, 0.15) is 0 Å². The van der Waals surface area contributed by atoms with Crippen LogP contribution in [0.3, 0.4) is 0 Å². The monoisotopic (exact) mass is 180 g/mol. The number of hydrogen-bond donors (Lipinski definition) is 2. The topological polar surface area (TPSA) is 83.8 Å². The summed E-state index contributed by atoms with van der Waals surface area (Å²) in [5, 5.41) is 7.60. The van der Waals surface area contributed by atoms with Gasteiger partial charge in [0.2, 0.25) is 0 Å². The van der Waals surface area contributed by atoms with Crippen molar-refractivity contribution in [3.8, 4) is 0 Å². The molecule has 1 unspecified atom stereocenters. The van der Waals surface area contributed by atoms with Crippen LogP contribution in [0.4, 0.5) is 0 Å². The number of carboxylic acid groups (broad SMARTS) is 1. The van der Waals surface area contributed by atoms with Crippen LogP contribution in [-0.2, 0) is 13.9 Å². The minimum Gasteiger partial charge on any atom is -0.478 e. The summed E-state index contributed by atoms with van der Waals surface area (Å²) in [5.74, 6) is -0.981. The summed E-state index contributed by atoms with van der Waals surface area (Å²) in [5.41, 5.74) is 0. The number of hydrogen-bond acceptors (Lipinski definition) is 3. The van der Waals surface area contributed by atoms with Gasteiger partial charge in [0.1, 0.15) is 0 Å². The zero-order chi connectivity index (χ0) is 9.28. The molecular formula is C5H9O5P. The van der Waals surface area contributed by atoms with Crippen molar-refractivity contribution in [1.82, 2.24) is 0 Å². The fourth-order valence-corrected chi connectivity index (χ4v) is 0.214. The second-order valence-electron chi connectivity index (χ2n) is 1.09. The zero-order valence-electron chi connectivity index (χ0n) is 5.69. The molecule has 0 amide bonds. The first-order chi connectivity index (χ1) is 5.04. The molecule has 11 heavy (non-hydrogen) atoms. The normalized spacial score (nSPS) is 9.91. The van der Waals surface area contributed by atoms with E-state index in [1.54, 1.807) is 0 Å². The highest BCUT2D eigenvalue weighted by molar-refractivity contribution is 7.32. The van der Waals surface area contributed by atoms with Gasteiger partial charge in [0.15, 0.2) is 0 Å². The van der Waals surface area contributed by atoms with E-state index < -0.39 is 14.2 Å². The minimum atomic E-state index is -2.75. The van der Waals surface area contributed by atoms with Crippen molar-refractivity contribution >= 4 is 14.2 Å². The highest BCUT2D eigenvalue weighted by atomic mass is 31.1. The molecule has 2 N–H and O–H groups in total. The molecule has 0 heterocycles. The molecule has 6 heteroatoms. The lowest BCUT2D eigenvalue weighted by Gasteiger charge is -1.84. The Balaban J connectivity index is 0. The van der Waals surface area contributed by atoms with Crippen LogP contribution >= 0.6 is 8.25 Å². The van der Waals surface area contributed by atoms with E-state index in [2.05, 4.69) is 17.7 Å². The predicted molar refractivity (Wildman–Crippen MR) is 40.3 cm³/mol. The molecule has 0 aliphatic rings. The maximum atomic E-state index is 9.49. The highest BCUT2D eigenvalue weighted by Crippen LogP contribution is 2.12. The number of carboxylic acids is 1. The molecule has 0 aromatic carbocycles. The van der Waals surface area contributed by atoms with Crippen molar-refractivity contribution in [2.45, 2.75) is 0 Å². The Bertz CT molecular complexity index is 164. The lowest BCUT2D eigenvalue weighted by Crippen LogP contribution is -1.82. The summed E-state index contributed by atoms with van der Waals surface area (Å²) in [6, 6.07) is 0. The largest absolute Gasteiger partial charge is 0.478 e. The summed E-state index contributed by atoms with van der Waals surface area (Å²) >= 11 is 0. The van der Waals surface area contributed by atoms with E-state index in [1.165, 1.54) is 0 Å². The van der Waals surface area contributed by atoms with E-state index in [1.807, 2.05) is 0 Å². The van der Waals surface area contributed by atoms with Crippen LogP contribution in [0.25, 0.3) is 0 Å². The molecule has 0 radical (unpaired) electrons. The van der Waals surface area contributed by atoms with E-state index in [0.29, 0.717) is 0 Å². The van der Waals surface area contributed by atoms with Crippen molar-refractivity contribution in [2.24, 2.45) is 0 Å². The Hall–Kier alpha value is -1.06. The molecule has 0 aromatic heterocycles. The molecule has 64 valence electrons. The SMILES string of the molecule is C=CC(=O)O.C=CO[PH](=O)O. The Morgan fingerprint density at radius 2 is 1.91 bits per heavy atom. The maximum absolute atomic E-state index is 9.49. The molecule has 0 rings (SSSR count). The van der Waals surface area contributed by atoms with E-state index >= 15 is 0 Å². The second kappa shape index (κ2) is 8.94. The summed E-state index contributed by atoms with van der Waals surface area (Å²) in [7, 11) is -2.75. The second-order valence-corrected chi connectivity index (χ2v) is 1.86. The third-order valence-electron chi connectivity index (χ3n) is 0.359. The molecule has 1 atom stereocenters. The fraction of sp³-hybridized carbons (Fsp3) is 0. The molecule has 0 fully saturated rings. The molecule has 0 spiro atoms. The van der Waals surface area contributed by atoms with E-state index in [4.69, 9.17) is 10.00 Å². The lowest BCUT2D eigenvalue weighted by molar-refractivity contribution is -0.131. The number of aliphatic carboxylic acids is 1. The van der Waals surface area contributed by atoms with Gasteiger partial charge in [-0.05, 0) is 0 Å². The summed E-state index contributed by atoms with van der Waals surface area (Å²) in [6.07, 6.45) is 1.77. The van der Waals surface area contributed by atoms with Gasteiger partial charge < -0.3 is 14.5 Å². The van der Waals surface area contributed by atoms with Gasteiger partial charge in [-0.2, -0.15) is 0 Å². The van der Waals surface area contributed by atoms with Crippen LogP contribution in [0.5, 0.6) is 0 Å². The van der Waals surface area contributed by atoms with Crippen molar-refractivity contribution < 1.29 is 23.9 Å². The molecule has 0 aliphatic heterocycles. The predicted octanol–water partition coefficient (Wildman–Crippen LogP) is 0.785. The molecule has 0 aliphatic carbocycles. The molecular weight excluding hydrogens is 171 g/mol. The van der Waals surface area contributed by atoms with E-state index in [-0.39, 0.29) is 0 Å². The Morgan fingerprint density at radius 1 is 1.55 bits per heavy atom. The number of rotatable bonds is 3.